The lowest BCUT2D eigenvalue weighted by Crippen LogP contribution is -2.52. The molecule has 9 heteroatoms. The summed E-state index contributed by atoms with van der Waals surface area (Å²) in [6.45, 7) is 0.153. The van der Waals surface area contributed by atoms with Crippen LogP contribution in [-0.4, -0.2) is 54.5 Å². The second kappa shape index (κ2) is 6.49. The van der Waals surface area contributed by atoms with Crippen molar-refractivity contribution in [2.75, 3.05) is 20.1 Å². The summed E-state index contributed by atoms with van der Waals surface area (Å²) >= 11 is 5.79. The number of nitrogens with one attached hydrogen (secondary N) is 1. The van der Waals surface area contributed by atoms with Crippen LogP contribution in [0.2, 0.25) is 5.02 Å². The predicted octanol–water partition coefficient (Wildman–Crippen LogP) is 0.387. The molecule has 1 saturated heterocycles. The van der Waals surface area contributed by atoms with E-state index >= 15 is 0 Å². The number of carbonyl (C=O) groups is 1. The van der Waals surface area contributed by atoms with Gasteiger partial charge < -0.3 is 10.4 Å². The normalized spacial score (nSPS) is 23.2. The van der Waals surface area contributed by atoms with Crippen LogP contribution < -0.4 is 5.32 Å². The van der Waals surface area contributed by atoms with E-state index in [1.54, 1.807) is 0 Å². The van der Waals surface area contributed by atoms with Crippen molar-refractivity contribution in [2.24, 2.45) is 0 Å². The van der Waals surface area contributed by atoms with Gasteiger partial charge in [-0.1, -0.05) is 11.6 Å². The van der Waals surface area contributed by atoms with E-state index in [1.165, 1.54) is 29.8 Å². The van der Waals surface area contributed by atoms with Crippen molar-refractivity contribution in [2.45, 2.75) is 29.8 Å². The average molecular weight is 348 g/mol. The number of halogens is 1. The maximum absolute atomic E-state index is 12.6. The molecule has 0 radical (unpaired) electrons. The highest BCUT2D eigenvalue weighted by Gasteiger charge is 2.40. The van der Waals surface area contributed by atoms with Crippen molar-refractivity contribution in [3.63, 3.8) is 0 Å². The highest BCUT2D eigenvalue weighted by Crippen LogP contribution is 2.29. The van der Waals surface area contributed by atoms with Gasteiger partial charge in [0, 0.05) is 32.5 Å². The molecule has 2 heterocycles. The summed E-state index contributed by atoms with van der Waals surface area (Å²) < 4.78 is 26.4. The molecule has 1 amide bonds. The Bertz CT molecular complexity index is 667. The third-order valence-electron chi connectivity index (χ3n) is 3.61. The minimum absolute atomic E-state index is 0.0239. The predicted molar refractivity (Wildman–Crippen MR) is 80.9 cm³/mol. The molecular formula is C13H18ClN3O4S. The highest BCUT2D eigenvalue weighted by molar-refractivity contribution is 7.89. The van der Waals surface area contributed by atoms with Gasteiger partial charge in [0.05, 0.1) is 17.0 Å². The second-order valence-electron chi connectivity index (χ2n) is 5.36. The first kappa shape index (κ1) is 17.1. The first-order valence-corrected chi connectivity index (χ1v) is 8.62. The first-order valence-electron chi connectivity index (χ1n) is 6.80. The third kappa shape index (κ3) is 3.75. The number of sulfonamides is 1. The second-order valence-corrected chi connectivity index (χ2v) is 7.73. The van der Waals surface area contributed by atoms with E-state index in [-0.39, 0.29) is 35.3 Å². The van der Waals surface area contributed by atoms with Crippen LogP contribution >= 0.6 is 11.6 Å². The van der Waals surface area contributed by atoms with Crippen LogP contribution in [0.3, 0.4) is 0 Å². The van der Waals surface area contributed by atoms with Gasteiger partial charge in [0.2, 0.25) is 15.9 Å². The van der Waals surface area contributed by atoms with Crippen LogP contribution in [0.25, 0.3) is 0 Å². The van der Waals surface area contributed by atoms with Crippen LogP contribution in [0, 0.1) is 0 Å². The number of nitrogens with zero attached hydrogens (tertiary/aromatic N) is 2. The summed E-state index contributed by atoms with van der Waals surface area (Å²) in [6.07, 6.45) is 3.27. The molecule has 2 N–H and O–H groups in total. The SMILES string of the molecule is CNC(=O)CC1(O)CCCN(S(=O)(=O)c2cncc(Cl)c2)C1. The number of carbonyl (C=O) groups excluding carboxylic acids is 1. The minimum atomic E-state index is -3.80. The van der Waals surface area contributed by atoms with Gasteiger partial charge in [-0.3, -0.25) is 9.78 Å². The van der Waals surface area contributed by atoms with Gasteiger partial charge in [-0.15, -0.1) is 0 Å². The number of β-amino-alcohol motifs (C(OH)–C–C–N with tert-alkyl or cyclic N) is 1. The number of amides is 1. The number of pyridine rings is 1. The van der Waals surface area contributed by atoms with Gasteiger partial charge >= 0.3 is 0 Å². The number of aromatic nitrogens is 1. The van der Waals surface area contributed by atoms with Crippen LogP contribution in [0.4, 0.5) is 0 Å². The standard InChI is InChI=1S/C13H18ClN3O4S/c1-15-12(18)6-13(19)3-2-4-17(9-13)22(20,21)11-5-10(14)7-16-8-11/h5,7-8,19H,2-4,6,9H2,1H3,(H,15,18). The van der Waals surface area contributed by atoms with Gasteiger partial charge in [-0.2, -0.15) is 4.31 Å². The van der Waals surface area contributed by atoms with E-state index in [2.05, 4.69) is 10.3 Å². The smallest absolute Gasteiger partial charge is 0.244 e. The van der Waals surface area contributed by atoms with Crippen molar-refractivity contribution >= 4 is 27.5 Å². The van der Waals surface area contributed by atoms with Crippen LogP contribution in [0.5, 0.6) is 0 Å². The Balaban J connectivity index is 2.23. The fraction of sp³-hybridized carbons (Fsp3) is 0.538. The molecule has 1 fully saturated rings. The third-order valence-corrected chi connectivity index (χ3v) is 5.62. The van der Waals surface area contributed by atoms with Gasteiger partial charge in [0.25, 0.3) is 0 Å². The maximum atomic E-state index is 12.6. The van der Waals surface area contributed by atoms with Gasteiger partial charge in [-0.05, 0) is 18.9 Å². The quantitative estimate of drug-likeness (QED) is 0.820. The number of piperidine rings is 1. The summed E-state index contributed by atoms with van der Waals surface area (Å²) in [7, 11) is -2.33. The summed E-state index contributed by atoms with van der Waals surface area (Å²) in [6, 6.07) is 1.32. The molecule has 1 unspecified atom stereocenters. The van der Waals surface area contributed by atoms with Gasteiger partial charge in [0.1, 0.15) is 4.90 Å². The number of rotatable bonds is 4. The van der Waals surface area contributed by atoms with E-state index in [0.29, 0.717) is 12.8 Å². The largest absolute Gasteiger partial charge is 0.388 e. The Labute approximate surface area is 134 Å². The summed E-state index contributed by atoms with van der Waals surface area (Å²) in [5.74, 6) is -0.328. The number of hydrogen-bond donors (Lipinski definition) is 2. The Morgan fingerprint density at radius 3 is 2.91 bits per heavy atom. The molecule has 0 aromatic carbocycles. The lowest BCUT2D eigenvalue weighted by atomic mass is 9.90. The molecular weight excluding hydrogens is 330 g/mol. The van der Waals surface area contributed by atoms with Crippen LogP contribution in [0.1, 0.15) is 19.3 Å². The van der Waals surface area contributed by atoms with E-state index in [4.69, 9.17) is 11.6 Å². The summed E-state index contributed by atoms with van der Waals surface area (Å²) in [4.78, 5) is 15.2. The first-order chi connectivity index (χ1) is 10.3. The Kier molecular flexibility index (Phi) is 5.06. The molecule has 0 saturated carbocycles. The van der Waals surface area contributed by atoms with Gasteiger partial charge in [-0.25, -0.2) is 8.42 Å². The van der Waals surface area contributed by atoms with E-state index in [9.17, 15) is 18.3 Å². The minimum Gasteiger partial charge on any atom is -0.388 e. The van der Waals surface area contributed by atoms with Crippen molar-refractivity contribution in [3.8, 4) is 0 Å². The Hall–Kier alpha value is -1.22. The van der Waals surface area contributed by atoms with Crippen molar-refractivity contribution in [3.05, 3.63) is 23.5 Å². The lowest BCUT2D eigenvalue weighted by Gasteiger charge is -2.38. The molecule has 22 heavy (non-hydrogen) atoms. The van der Waals surface area contributed by atoms with E-state index in [1.807, 2.05) is 0 Å². The zero-order valence-corrected chi connectivity index (χ0v) is 13.7. The molecule has 0 spiro atoms. The molecule has 2 rings (SSSR count). The molecule has 1 atom stereocenters. The molecule has 7 nitrogen and oxygen atoms in total. The fourth-order valence-corrected chi connectivity index (χ4v) is 4.28. The van der Waals surface area contributed by atoms with Crippen LogP contribution in [0.15, 0.2) is 23.4 Å². The number of aliphatic hydroxyl groups is 1. The fourth-order valence-electron chi connectivity index (χ4n) is 2.49. The zero-order chi connectivity index (χ0) is 16.4. The Morgan fingerprint density at radius 1 is 1.55 bits per heavy atom. The monoisotopic (exact) mass is 347 g/mol. The lowest BCUT2D eigenvalue weighted by molar-refractivity contribution is -0.127. The summed E-state index contributed by atoms with van der Waals surface area (Å²) in [5.41, 5.74) is -1.36. The highest BCUT2D eigenvalue weighted by atomic mass is 35.5. The molecule has 122 valence electrons. The van der Waals surface area contributed by atoms with Crippen LogP contribution in [-0.2, 0) is 14.8 Å². The van der Waals surface area contributed by atoms with E-state index < -0.39 is 15.6 Å². The van der Waals surface area contributed by atoms with Gasteiger partial charge in [0.15, 0.2) is 0 Å². The Morgan fingerprint density at radius 2 is 2.27 bits per heavy atom. The topological polar surface area (TPSA) is 99.6 Å². The molecule has 1 aliphatic heterocycles. The van der Waals surface area contributed by atoms with E-state index in [0.717, 1.165) is 0 Å². The summed E-state index contributed by atoms with van der Waals surface area (Å²) in [5, 5.41) is 13.2. The average Bonchev–Trinajstić information content (AvgIpc) is 2.46. The van der Waals surface area contributed by atoms with Crippen molar-refractivity contribution in [1.82, 2.24) is 14.6 Å². The molecule has 1 aromatic heterocycles. The zero-order valence-electron chi connectivity index (χ0n) is 12.1. The van der Waals surface area contributed by atoms with Crippen molar-refractivity contribution < 1.29 is 18.3 Å². The molecule has 0 aliphatic carbocycles. The molecule has 0 bridgehead atoms. The molecule has 1 aliphatic rings. The maximum Gasteiger partial charge on any atom is 0.244 e. The van der Waals surface area contributed by atoms with Crippen molar-refractivity contribution in [1.29, 1.82) is 0 Å². The molecule has 1 aromatic rings. The number of hydrogen-bond acceptors (Lipinski definition) is 5.